The first-order valence-corrected chi connectivity index (χ1v) is 7.06. The van der Waals surface area contributed by atoms with Crippen LogP contribution in [0.3, 0.4) is 0 Å². The van der Waals surface area contributed by atoms with E-state index in [1.807, 2.05) is 0 Å². The number of ether oxygens (including phenoxy) is 2. The van der Waals surface area contributed by atoms with Crippen LogP contribution in [0.5, 0.6) is 6.01 Å². The summed E-state index contributed by atoms with van der Waals surface area (Å²) in [5.41, 5.74) is -1.09. The second-order valence-corrected chi connectivity index (χ2v) is 5.25. The number of hydrogen-bond donors (Lipinski definition) is 6. The second-order valence-electron chi connectivity index (χ2n) is 5.25. The fourth-order valence-corrected chi connectivity index (χ4v) is 2.34. The molecule has 5 atom stereocenters. The summed E-state index contributed by atoms with van der Waals surface area (Å²) in [6.07, 6.45) is -7.23. The Hall–Kier alpha value is -2.05. The second kappa shape index (κ2) is 7.23. The van der Waals surface area contributed by atoms with Crippen molar-refractivity contribution in [1.82, 2.24) is 9.97 Å². The van der Waals surface area contributed by atoms with Gasteiger partial charge in [0.2, 0.25) is 0 Å². The summed E-state index contributed by atoms with van der Waals surface area (Å²) >= 11 is 0. The summed E-state index contributed by atoms with van der Waals surface area (Å²) in [6.45, 7) is 0.534. The van der Waals surface area contributed by atoms with E-state index in [4.69, 9.17) is 14.6 Å². The van der Waals surface area contributed by atoms with Crippen molar-refractivity contribution in [2.75, 3.05) is 19.0 Å². The quantitative estimate of drug-likeness (QED) is 0.306. The van der Waals surface area contributed by atoms with Crippen LogP contribution in [-0.2, 0) is 4.74 Å². The summed E-state index contributed by atoms with van der Waals surface area (Å²) in [5.74, 6) is -0.828. The minimum Gasteiger partial charge on any atom is -0.468 e. The van der Waals surface area contributed by atoms with E-state index < -0.39 is 48.6 Å². The number of H-pyrrole nitrogens is 1. The summed E-state index contributed by atoms with van der Waals surface area (Å²) < 4.78 is 10.1. The van der Waals surface area contributed by atoms with Crippen LogP contribution >= 0.6 is 0 Å². The molecule has 11 heteroatoms. The first-order chi connectivity index (χ1) is 11.3. The Balaban J connectivity index is 2.37. The molecule has 1 fully saturated rings. The Morgan fingerprint density at radius 3 is 2.54 bits per heavy atom. The number of methoxy groups -OCH3 is 1. The molecule has 1 saturated heterocycles. The molecule has 1 aromatic heterocycles. The summed E-state index contributed by atoms with van der Waals surface area (Å²) in [7, 11) is 1.25. The molecule has 0 spiro atoms. The van der Waals surface area contributed by atoms with E-state index in [1.165, 1.54) is 7.11 Å². The van der Waals surface area contributed by atoms with Crippen molar-refractivity contribution in [2.24, 2.45) is 0 Å². The summed E-state index contributed by atoms with van der Waals surface area (Å²) in [4.78, 5) is 29.8. The van der Waals surface area contributed by atoms with Crippen LogP contribution in [0.1, 0.15) is 17.3 Å². The van der Waals surface area contributed by atoms with Gasteiger partial charge in [0.15, 0.2) is 12.0 Å². The number of aliphatic hydroxyl groups excluding tert-OH is 4. The zero-order valence-electron chi connectivity index (χ0n) is 13.0. The number of ketones is 1. The molecule has 1 aliphatic heterocycles. The van der Waals surface area contributed by atoms with Gasteiger partial charge in [-0.3, -0.25) is 14.6 Å². The minimum atomic E-state index is -1.61. The van der Waals surface area contributed by atoms with Crippen LogP contribution < -0.4 is 15.6 Å². The maximum Gasteiger partial charge on any atom is 0.298 e. The Morgan fingerprint density at radius 1 is 1.33 bits per heavy atom. The molecule has 134 valence electrons. The van der Waals surface area contributed by atoms with Crippen LogP contribution in [0.2, 0.25) is 0 Å². The Bertz CT molecular complexity index is 661. The number of aromatic amines is 1. The van der Waals surface area contributed by atoms with Gasteiger partial charge in [-0.25, -0.2) is 0 Å². The standard InChI is InChI=1S/C13H19N3O8/c1-4(18)6-10(15-13(23-2)16-11(6)22)14-12-9(21)8(20)7(19)5(3-17)24-12/h5,7-9,12,17,19-21H,3H2,1-2H3,(H2,14,15,16,22)/t5-,7+,8+,9-,12+/m0/s1. The first-order valence-electron chi connectivity index (χ1n) is 7.06. The van der Waals surface area contributed by atoms with Crippen molar-refractivity contribution in [3.05, 3.63) is 15.9 Å². The number of carbonyl (C=O) groups is 1. The van der Waals surface area contributed by atoms with Crippen LogP contribution in [0.4, 0.5) is 5.82 Å². The predicted molar refractivity (Wildman–Crippen MR) is 78.8 cm³/mol. The predicted octanol–water partition coefficient (Wildman–Crippen LogP) is -2.81. The number of carbonyl (C=O) groups excluding carboxylic acids is 1. The molecule has 24 heavy (non-hydrogen) atoms. The maximum atomic E-state index is 12.0. The molecule has 1 aromatic rings. The molecule has 0 saturated carbocycles. The van der Waals surface area contributed by atoms with Crippen molar-refractivity contribution in [3.8, 4) is 6.01 Å². The molecular weight excluding hydrogens is 326 g/mol. The smallest absolute Gasteiger partial charge is 0.298 e. The SMILES string of the molecule is COc1nc(N[C@@H]2O[C@@H](CO)[C@@H](O)[C@@H](O)[C@@H]2O)c(C(C)=O)c(=O)[nH]1. The number of aromatic nitrogens is 2. The third-order valence-corrected chi connectivity index (χ3v) is 3.61. The maximum absolute atomic E-state index is 12.0. The molecule has 0 unspecified atom stereocenters. The minimum absolute atomic E-state index is 0.183. The van der Waals surface area contributed by atoms with Crippen LogP contribution in [0.25, 0.3) is 0 Å². The number of nitrogens with one attached hydrogen (secondary N) is 2. The van der Waals surface area contributed by atoms with Gasteiger partial charge in [0.25, 0.3) is 11.6 Å². The van der Waals surface area contributed by atoms with E-state index >= 15 is 0 Å². The molecule has 2 rings (SSSR count). The molecule has 0 radical (unpaired) electrons. The number of Topliss-reactive ketones (excluding diaryl/α,β-unsaturated/α-hetero) is 1. The third kappa shape index (κ3) is 3.39. The van der Waals surface area contributed by atoms with Crippen molar-refractivity contribution in [3.63, 3.8) is 0 Å². The lowest BCUT2D eigenvalue weighted by molar-refractivity contribution is -0.221. The summed E-state index contributed by atoms with van der Waals surface area (Å²) in [6, 6.07) is -0.183. The van der Waals surface area contributed by atoms with Gasteiger partial charge in [-0.05, 0) is 6.92 Å². The molecule has 0 aliphatic carbocycles. The van der Waals surface area contributed by atoms with E-state index in [0.29, 0.717) is 0 Å². The number of nitrogens with zero attached hydrogens (tertiary/aromatic N) is 1. The molecule has 11 nitrogen and oxygen atoms in total. The Labute approximate surface area is 135 Å². The zero-order chi connectivity index (χ0) is 18.0. The van der Waals surface area contributed by atoms with Crippen LogP contribution in [0.15, 0.2) is 4.79 Å². The average molecular weight is 345 g/mol. The van der Waals surface area contributed by atoms with Gasteiger partial charge >= 0.3 is 0 Å². The van der Waals surface area contributed by atoms with Gasteiger partial charge in [-0.1, -0.05) is 0 Å². The van der Waals surface area contributed by atoms with E-state index in [0.717, 1.165) is 6.92 Å². The molecule has 0 aromatic carbocycles. The van der Waals surface area contributed by atoms with E-state index in [2.05, 4.69) is 15.3 Å². The lowest BCUT2D eigenvalue weighted by Crippen LogP contribution is -2.60. The fourth-order valence-electron chi connectivity index (χ4n) is 2.34. The number of aliphatic hydroxyl groups is 4. The van der Waals surface area contributed by atoms with Gasteiger partial charge in [-0.2, -0.15) is 4.98 Å². The van der Waals surface area contributed by atoms with Crippen LogP contribution in [-0.4, -0.2) is 80.5 Å². The molecule has 0 amide bonds. The van der Waals surface area contributed by atoms with Crippen LogP contribution in [0, 0.1) is 0 Å². The molecular formula is C13H19N3O8. The van der Waals surface area contributed by atoms with E-state index in [9.17, 15) is 24.9 Å². The number of anilines is 1. The highest BCUT2D eigenvalue weighted by Gasteiger charge is 2.44. The van der Waals surface area contributed by atoms with Crippen molar-refractivity contribution in [2.45, 2.75) is 37.6 Å². The molecule has 2 heterocycles. The first kappa shape index (κ1) is 18.3. The monoisotopic (exact) mass is 345 g/mol. The highest BCUT2D eigenvalue weighted by molar-refractivity contribution is 5.98. The topological polar surface area (TPSA) is 174 Å². The molecule has 1 aliphatic rings. The Morgan fingerprint density at radius 2 is 2.00 bits per heavy atom. The Kier molecular flexibility index (Phi) is 5.51. The van der Waals surface area contributed by atoms with Gasteiger partial charge in [0.1, 0.15) is 35.8 Å². The van der Waals surface area contributed by atoms with Gasteiger partial charge < -0.3 is 35.2 Å². The van der Waals surface area contributed by atoms with Crippen molar-refractivity contribution < 1.29 is 34.7 Å². The lowest BCUT2D eigenvalue weighted by Gasteiger charge is -2.40. The molecule has 0 bridgehead atoms. The largest absolute Gasteiger partial charge is 0.468 e. The highest BCUT2D eigenvalue weighted by atomic mass is 16.6. The average Bonchev–Trinajstić information content (AvgIpc) is 2.54. The van der Waals surface area contributed by atoms with Gasteiger partial charge in [0.05, 0.1) is 13.7 Å². The fraction of sp³-hybridized carbons (Fsp3) is 0.615. The zero-order valence-corrected chi connectivity index (χ0v) is 13.0. The normalized spacial score (nSPS) is 30.0. The van der Waals surface area contributed by atoms with E-state index in [-0.39, 0.29) is 17.4 Å². The molecule has 6 N–H and O–H groups in total. The van der Waals surface area contributed by atoms with Crippen molar-refractivity contribution in [1.29, 1.82) is 0 Å². The highest BCUT2D eigenvalue weighted by Crippen LogP contribution is 2.23. The number of hydrogen-bond acceptors (Lipinski definition) is 10. The van der Waals surface area contributed by atoms with Gasteiger partial charge in [-0.15, -0.1) is 0 Å². The van der Waals surface area contributed by atoms with E-state index in [1.54, 1.807) is 0 Å². The lowest BCUT2D eigenvalue weighted by atomic mass is 9.98. The van der Waals surface area contributed by atoms with Crippen molar-refractivity contribution >= 4 is 11.6 Å². The number of rotatable bonds is 5. The summed E-state index contributed by atoms with van der Waals surface area (Å²) in [5, 5.41) is 41.2. The third-order valence-electron chi connectivity index (χ3n) is 3.61. The van der Waals surface area contributed by atoms with Gasteiger partial charge in [0, 0.05) is 0 Å².